The van der Waals surface area contributed by atoms with E-state index in [4.69, 9.17) is 5.73 Å². The molecular formula is C15H27N3O2S. The van der Waals surface area contributed by atoms with E-state index >= 15 is 0 Å². The second-order valence-electron chi connectivity index (χ2n) is 5.24. The molecule has 0 fully saturated rings. The Morgan fingerprint density at radius 3 is 2.05 bits per heavy atom. The maximum absolute atomic E-state index is 12.7. The SMILES string of the molecule is CCCCCN(CCCCC)S(=O)(=O)c1ccc(N)nc1. The monoisotopic (exact) mass is 313 g/mol. The third-order valence-corrected chi connectivity index (χ3v) is 5.30. The Morgan fingerprint density at radius 1 is 1.05 bits per heavy atom. The lowest BCUT2D eigenvalue weighted by Gasteiger charge is -2.22. The Morgan fingerprint density at radius 2 is 1.62 bits per heavy atom. The van der Waals surface area contributed by atoms with E-state index in [1.165, 1.54) is 18.3 Å². The molecule has 0 saturated carbocycles. The molecule has 0 radical (unpaired) electrons. The summed E-state index contributed by atoms with van der Waals surface area (Å²) in [6.07, 6.45) is 7.37. The van der Waals surface area contributed by atoms with Crippen molar-refractivity contribution in [3.05, 3.63) is 18.3 Å². The Bertz CT molecular complexity index is 490. The van der Waals surface area contributed by atoms with Gasteiger partial charge in [0.2, 0.25) is 10.0 Å². The van der Waals surface area contributed by atoms with Gasteiger partial charge in [0, 0.05) is 19.3 Å². The van der Waals surface area contributed by atoms with Gasteiger partial charge in [-0.3, -0.25) is 0 Å². The number of rotatable bonds is 10. The smallest absolute Gasteiger partial charge is 0.244 e. The highest BCUT2D eigenvalue weighted by Gasteiger charge is 2.23. The summed E-state index contributed by atoms with van der Waals surface area (Å²) in [7, 11) is -3.46. The molecule has 0 amide bonds. The summed E-state index contributed by atoms with van der Waals surface area (Å²) < 4.78 is 26.9. The Kier molecular flexibility index (Phi) is 7.67. The van der Waals surface area contributed by atoms with Crippen LogP contribution in [0.4, 0.5) is 5.82 Å². The van der Waals surface area contributed by atoms with Crippen LogP contribution in [-0.2, 0) is 10.0 Å². The largest absolute Gasteiger partial charge is 0.384 e. The van der Waals surface area contributed by atoms with Crippen molar-refractivity contribution in [2.24, 2.45) is 0 Å². The van der Waals surface area contributed by atoms with Crippen LogP contribution in [0.25, 0.3) is 0 Å². The maximum atomic E-state index is 12.7. The van der Waals surface area contributed by atoms with Gasteiger partial charge in [-0.15, -0.1) is 0 Å². The fraction of sp³-hybridized carbons (Fsp3) is 0.667. The Balaban J connectivity index is 2.84. The van der Waals surface area contributed by atoms with Crippen molar-refractivity contribution < 1.29 is 8.42 Å². The minimum absolute atomic E-state index is 0.227. The van der Waals surface area contributed by atoms with E-state index in [9.17, 15) is 8.42 Å². The van der Waals surface area contributed by atoms with Crippen molar-refractivity contribution in [1.29, 1.82) is 0 Å². The molecule has 6 heteroatoms. The van der Waals surface area contributed by atoms with E-state index in [1.54, 1.807) is 4.31 Å². The number of anilines is 1. The average molecular weight is 313 g/mol. The number of aromatic nitrogens is 1. The maximum Gasteiger partial charge on any atom is 0.244 e. The number of hydrogen-bond acceptors (Lipinski definition) is 4. The zero-order valence-corrected chi connectivity index (χ0v) is 13.9. The number of nitrogens with zero attached hydrogens (tertiary/aromatic N) is 2. The van der Waals surface area contributed by atoms with Crippen LogP contribution in [0.5, 0.6) is 0 Å². The topological polar surface area (TPSA) is 76.3 Å². The number of nitrogen functional groups attached to an aromatic ring is 1. The lowest BCUT2D eigenvalue weighted by molar-refractivity contribution is 0.388. The summed E-state index contributed by atoms with van der Waals surface area (Å²) in [5.74, 6) is 0.331. The van der Waals surface area contributed by atoms with Gasteiger partial charge < -0.3 is 5.73 Å². The molecule has 1 rings (SSSR count). The summed E-state index contributed by atoms with van der Waals surface area (Å²) in [5, 5.41) is 0. The van der Waals surface area contributed by atoms with Gasteiger partial charge in [-0.1, -0.05) is 39.5 Å². The molecular weight excluding hydrogens is 286 g/mol. The molecule has 5 nitrogen and oxygen atoms in total. The number of unbranched alkanes of at least 4 members (excludes halogenated alkanes) is 4. The van der Waals surface area contributed by atoms with Gasteiger partial charge in [0.1, 0.15) is 10.7 Å². The second kappa shape index (κ2) is 9.00. The molecule has 0 atom stereocenters. The average Bonchev–Trinajstić information content (AvgIpc) is 2.46. The highest BCUT2D eigenvalue weighted by molar-refractivity contribution is 7.89. The molecule has 2 N–H and O–H groups in total. The predicted molar refractivity (Wildman–Crippen MR) is 86.5 cm³/mol. The molecule has 0 aliphatic heterocycles. The highest BCUT2D eigenvalue weighted by Crippen LogP contribution is 2.17. The van der Waals surface area contributed by atoms with E-state index in [1.807, 2.05) is 0 Å². The molecule has 0 aromatic carbocycles. The van der Waals surface area contributed by atoms with E-state index in [2.05, 4.69) is 18.8 Å². The summed E-state index contributed by atoms with van der Waals surface area (Å²) >= 11 is 0. The first-order chi connectivity index (χ1) is 10.0. The van der Waals surface area contributed by atoms with Crippen molar-refractivity contribution >= 4 is 15.8 Å². The quantitative estimate of drug-likeness (QED) is 0.674. The number of sulfonamides is 1. The number of pyridine rings is 1. The van der Waals surface area contributed by atoms with Crippen LogP contribution < -0.4 is 5.73 Å². The van der Waals surface area contributed by atoms with Crippen LogP contribution in [0, 0.1) is 0 Å². The fourth-order valence-corrected chi connectivity index (χ4v) is 3.58. The van der Waals surface area contributed by atoms with Gasteiger partial charge >= 0.3 is 0 Å². The standard InChI is InChI=1S/C15H27N3O2S/c1-3-5-7-11-18(12-8-6-4-2)21(19,20)14-9-10-15(16)17-13-14/h9-10,13H,3-8,11-12H2,1-2H3,(H2,16,17). The van der Waals surface area contributed by atoms with E-state index in [0.29, 0.717) is 18.9 Å². The third kappa shape index (κ3) is 5.63. The molecule has 0 saturated heterocycles. The molecule has 21 heavy (non-hydrogen) atoms. The van der Waals surface area contributed by atoms with Gasteiger partial charge in [0.05, 0.1) is 0 Å². The van der Waals surface area contributed by atoms with Crippen molar-refractivity contribution in [2.45, 2.75) is 57.3 Å². The first-order valence-corrected chi connectivity index (χ1v) is 9.18. The van der Waals surface area contributed by atoms with Crippen LogP contribution >= 0.6 is 0 Å². The van der Waals surface area contributed by atoms with Crippen LogP contribution in [-0.4, -0.2) is 30.8 Å². The molecule has 120 valence electrons. The first-order valence-electron chi connectivity index (χ1n) is 7.74. The molecule has 1 aromatic rings. The first kappa shape index (κ1) is 17.9. The fourth-order valence-electron chi connectivity index (χ4n) is 2.12. The van der Waals surface area contributed by atoms with Gasteiger partial charge in [0.25, 0.3) is 0 Å². The third-order valence-electron chi connectivity index (χ3n) is 3.42. The van der Waals surface area contributed by atoms with Gasteiger partial charge in [-0.05, 0) is 25.0 Å². The van der Waals surface area contributed by atoms with Gasteiger partial charge in [-0.25, -0.2) is 13.4 Å². The molecule has 0 spiro atoms. The zero-order chi connectivity index (χ0) is 15.7. The Labute approximate surface area is 128 Å². The van der Waals surface area contributed by atoms with Crippen LogP contribution in [0.15, 0.2) is 23.2 Å². The molecule has 0 bridgehead atoms. The molecule has 0 unspecified atom stereocenters. The van der Waals surface area contributed by atoms with Gasteiger partial charge in [0.15, 0.2) is 0 Å². The van der Waals surface area contributed by atoms with Crippen molar-refractivity contribution in [3.63, 3.8) is 0 Å². The van der Waals surface area contributed by atoms with Crippen molar-refractivity contribution in [2.75, 3.05) is 18.8 Å². The van der Waals surface area contributed by atoms with Crippen LogP contribution in [0.1, 0.15) is 52.4 Å². The van der Waals surface area contributed by atoms with Crippen LogP contribution in [0.3, 0.4) is 0 Å². The van der Waals surface area contributed by atoms with E-state index in [-0.39, 0.29) is 4.90 Å². The van der Waals surface area contributed by atoms with Crippen LogP contribution in [0.2, 0.25) is 0 Å². The molecule has 0 aliphatic carbocycles. The summed E-state index contributed by atoms with van der Waals surface area (Å²) in [4.78, 5) is 4.12. The highest BCUT2D eigenvalue weighted by atomic mass is 32.2. The normalized spacial score (nSPS) is 12.0. The minimum atomic E-state index is -3.46. The summed E-state index contributed by atoms with van der Waals surface area (Å²) in [6.45, 7) is 5.37. The zero-order valence-electron chi connectivity index (χ0n) is 13.1. The second-order valence-corrected chi connectivity index (χ2v) is 7.18. The van der Waals surface area contributed by atoms with E-state index in [0.717, 1.165) is 38.5 Å². The lowest BCUT2D eigenvalue weighted by atomic mass is 10.2. The summed E-state index contributed by atoms with van der Waals surface area (Å²) in [5.41, 5.74) is 5.52. The molecule has 0 aliphatic rings. The van der Waals surface area contributed by atoms with Crippen molar-refractivity contribution in [1.82, 2.24) is 9.29 Å². The Hall–Kier alpha value is -1.14. The molecule has 1 aromatic heterocycles. The minimum Gasteiger partial charge on any atom is -0.384 e. The predicted octanol–water partition coefficient (Wildman–Crippen LogP) is 3.03. The molecule has 1 heterocycles. The number of hydrogen-bond donors (Lipinski definition) is 1. The van der Waals surface area contributed by atoms with Gasteiger partial charge in [-0.2, -0.15) is 4.31 Å². The van der Waals surface area contributed by atoms with Crippen molar-refractivity contribution in [3.8, 4) is 0 Å². The van der Waals surface area contributed by atoms with E-state index < -0.39 is 10.0 Å². The lowest BCUT2D eigenvalue weighted by Crippen LogP contribution is -2.33. The summed E-state index contributed by atoms with van der Waals surface area (Å²) in [6, 6.07) is 3.06. The number of nitrogens with two attached hydrogens (primary N) is 1.